The molecule has 92 valence electrons. The van der Waals surface area contributed by atoms with Crippen LogP contribution in [0.1, 0.15) is 23.7 Å². The van der Waals surface area contributed by atoms with Crippen molar-refractivity contribution in [1.29, 1.82) is 0 Å². The summed E-state index contributed by atoms with van der Waals surface area (Å²) in [7, 11) is 0. The molecule has 17 heavy (non-hydrogen) atoms. The van der Waals surface area contributed by atoms with Crippen molar-refractivity contribution < 1.29 is 23.3 Å². The van der Waals surface area contributed by atoms with E-state index in [4.69, 9.17) is 9.68 Å². The van der Waals surface area contributed by atoms with Gasteiger partial charge in [-0.3, -0.25) is 9.68 Å². The molecule has 0 spiro atoms. The standard InChI is InChI=1S/C11H11F2NO3/c12-8-5-7(1-3-15)6-9(13)11(8)10-2-4-16-14-17-10/h3,5-6,10,14H,1-2,4H2/t10-/m1/s1. The first kappa shape index (κ1) is 12.1. The highest BCUT2D eigenvalue weighted by molar-refractivity contribution is 5.55. The second-order valence-electron chi connectivity index (χ2n) is 3.67. The van der Waals surface area contributed by atoms with Crippen molar-refractivity contribution >= 4 is 6.29 Å². The normalized spacial score (nSPS) is 20.2. The van der Waals surface area contributed by atoms with Gasteiger partial charge >= 0.3 is 0 Å². The molecule has 1 saturated heterocycles. The summed E-state index contributed by atoms with van der Waals surface area (Å²) in [6.45, 7) is 0.305. The van der Waals surface area contributed by atoms with Crippen LogP contribution in [0.25, 0.3) is 0 Å². The zero-order chi connectivity index (χ0) is 12.3. The summed E-state index contributed by atoms with van der Waals surface area (Å²) in [6, 6.07) is 2.29. The predicted octanol–water partition coefficient (Wildman–Crippen LogP) is 1.60. The number of hydrogen-bond donors (Lipinski definition) is 1. The molecular formula is C11H11F2NO3. The Balaban J connectivity index is 2.30. The Kier molecular flexibility index (Phi) is 3.78. The van der Waals surface area contributed by atoms with Crippen molar-refractivity contribution in [3.8, 4) is 0 Å². The maximum absolute atomic E-state index is 13.7. The third kappa shape index (κ3) is 2.66. The second kappa shape index (κ2) is 5.31. The molecule has 4 nitrogen and oxygen atoms in total. The lowest BCUT2D eigenvalue weighted by molar-refractivity contribution is -0.242. The molecule has 1 aliphatic rings. The summed E-state index contributed by atoms with van der Waals surface area (Å²) in [4.78, 5) is 19.9. The van der Waals surface area contributed by atoms with Crippen LogP contribution in [0.15, 0.2) is 12.1 Å². The lowest BCUT2D eigenvalue weighted by Crippen LogP contribution is -2.28. The third-order valence-electron chi connectivity index (χ3n) is 2.51. The fourth-order valence-corrected chi connectivity index (χ4v) is 1.72. The first-order valence-corrected chi connectivity index (χ1v) is 5.16. The van der Waals surface area contributed by atoms with Gasteiger partial charge in [0, 0.05) is 12.8 Å². The molecule has 1 aromatic carbocycles. The Hall–Kier alpha value is -1.37. The number of benzene rings is 1. The van der Waals surface area contributed by atoms with E-state index in [-0.39, 0.29) is 12.0 Å². The number of halogens is 2. The molecule has 1 atom stereocenters. The predicted molar refractivity (Wildman–Crippen MR) is 53.7 cm³/mol. The molecule has 0 saturated carbocycles. The van der Waals surface area contributed by atoms with Crippen molar-refractivity contribution in [1.82, 2.24) is 5.64 Å². The van der Waals surface area contributed by atoms with Crippen molar-refractivity contribution in [3.63, 3.8) is 0 Å². The van der Waals surface area contributed by atoms with Gasteiger partial charge in [0.05, 0.1) is 12.2 Å². The molecule has 0 aliphatic carbocycles. The van der Waals surface area contributed by atoms with Gasteiger partial charge in [-0.2, -0.15) is 0 Å². The fraction of sp³-hybridized carbons (Fsp3) is 0.364. The van der Waals surface area contributed by atoms with Crippen LogP contribution in [-0.4, -0.2) is 12.9 Å². The summed E-state index contributed by atoms with van der Waals surface area (Å²) >= 11 is 0. The van der Waals surface area contributed by atoms with E-state index in [1.54, 1.807) is 0 Å². The molecule has 1 heterocycles. The van der Waals surface area contributed by atoms with E-state index in [0.717, 1.165) is 12.1 Å². The number of carbonyl (C=O) groups excluding carboxylic acids is 1. The highest BCUT2D eigenvalue weighted by atomic mass is 19.1. The van der Waals surface area contributed by atoms with Gasteiger partial charge in [0.15, 0.2) is 0 Å². The minimum absolute atomic E-state index is 0.0129. The molecule has 1 fully saturated rings. The minimum atomic E-state index is -0.728. The third-order valence-corrected chi connectivity index (χ3v) is 2.51. The molecular weight excluding hydrogens is 232 g/mol. The van der Waals surface area contributed by atoms with Crippen LogP contribution in [0, 0.1) is 11.6 Å². The van der Waals surface area contributed by atoms with E-state index in [0.29, 0.717) is 24.9 Å². The van der Waals surface area contributed by atoms with Crippen LogP contribution < -0.4 is 5.64 Å². The summed E-state index contributed by atoms with van der Waals surface area (Å²) in [6.07, 6.45) is 0.212. The first-order chi connectivity index (χ1) is 8.22. The van der Waals surface area contributed by atoms with Crippen molar-refractivity contribution in [2.75, 3.05) is 6.61 Å². The Morgan fingerprint density at radius 1 is 1.41 bits per heavy atom. The van der Waals surface area contributed by atoms with E-state index < -0.39 is 17.7 Å². The highest BCUT2D eigenvalue weighted by Gasteiger charge is 2.24. The lowest BCUT2D eigenvalue weighted by atomic mass is 10.0. The summed E-state index contributed by atoms with van der Waals surface area (Å²) < 4.78 is 27.4. The number of hydrogen-bond acceptors (Lipinski definition) is 4. The van der Waals surface area contributed by atoms with Gasteiger partial charge in [0.1, 0.15) is 24.0 Å². The molecule has 0 radical (unpaired) electrons. The van der Waals surface area contributed by atoms with Gasteiger partial charge in [-0.1, -0.05) is 5.64 Å². The van der Waals surface area contributed by atoms with E-state index in [9.17, 15) is 13.6 Å². The molecule has 0 unspecified atom stereocenters. The smallest absolute Gasteiger partial charge is 0.132 e. The molecule has 1 aliphatic heterocycles. The molecule has 6 heteroatoms. The molecule has 0 aromatic heterocycles. The van der Waals surface area contributed by atoms with Crippen LogP contribution in [-0.2, 0) is 20.9 Å². The lowest BCUT2D eigenvalue weighted by Gasteiger charge is -2.23. The molecule has 1 N–H and O–H groups in total. The van der Waals surface area contributed by atoms with Crippen LogP contribution >= 0.6 is 0 Å². The van der Waals surface area contributed by atoms with Crippen LogP contribution in [0.5, 0.6) is 0 Å². The topological polar surface area (TPSA) is 47.6 Å². The number of nitrogens with one attached hydrogen (secondary N) is 1. The van der Waals surface area contributed by atoms with Crippen molar-refractivity contribution in [2.24, 2.45) is 0 Å². The summed E-state index contributed by atoms with van der Waals surface area (Å²) in [5, 5.41) is 0. The fourth-order valence-electron chi connectivity index (χ4n) is 1.72. The summed E-state index contributed by atoms with van der Waals surface area (Å²) in [5.41, 5.74) is 2.30. The molecule has 0 amide bonds. The minimum Gasteiger partial charge on any atom is -0.303 e. The Bertz CT molecular complexity index is 396. The average Bonchev–Trinajstić information content (AvgIpc) is 2.30. The maximum Gasteiger partial charge on any atom is 0.132 e. The zero-order valence-electron chi connectivity index (χ0n) is 8.91. The van der Waals surface area contributed by atoms with Gasteiger partial charge in [-0.15, -0.1) is 0 Å². The van der Waals surface area contributed by atoms with Gasteiger partial charge in [-0.05, 0) is 17.7 Å². The molecule has 1 aromatic rings. The average molecular weight is 243 g/mol. The van der Waals surface area contributed by atoms with Crippen LogP contribution in [0.3, 0.4) is 0 Å². The largest absolute Gasteiger partial charge is 0.303 e. The first-order valence-electron chi connectivity index (χ1n) is 5.16. The van der Waals surface area contributed by atoms with Gasteiger partial charge in [0.2, 0.25) is 0 Å². The number of carbonyl (C=O) groups is 1. The number of rotatable bonds is 3. The Morgan fingerprint density at radius 3 is 2.65 bits per heavy atom. The Morgan fingerprint density at radius 2 is 2.12 bits per heavy atom. The van der Waals surface area contributed by atoms with Crippen LogP contribution in [0.4, 0.5) is 8.78 Å². The van der Waals surface area contributed by atoms with Gasteiger partial charge in [0.25, 0.3) is 0 Å². The monoisotopic (exact) mass is 243 g/mol. The summed E-state index contributed by atoms with van der Waals surface area (Å²) in [5.74, 6) is -1.42. The zero-order valence-corrected chi connectivity index (χ0v) is 8.91. The van der Waals surface area contributed by atoms with Gasteiger partial charge < -0.3 is 4.79 Å². The van der Waals surface area contributed by atoms with Crippen LogP contribution in [0.2, 0.25) is 0 Å². The van der Waals surface area contributed by atoms with Gasteiger partial charge in [-0.25, -0.2) is 8.78 Å². The van der Waals surface area contributed by atoms with Crippen molar-refractivity contribution in [3.05, 3.63) is 34.9 Å². The Labute approximate surface area is 96.4 Å². The van der Waals surface area contributed by atoms with E-state index in [1.807, 2.05) is 0 Å². The molecule has 2 rings (SSSR count). The molecule has 0 bridgehead atoms. The number of aldehydes is 1. The maximum atomic E-state index is 13.7. The van der Waals surface area contributed by atoms with E-state index in [2.05, 4.69) is 5.64 Å². The van der Waals surface area contributed by atoms with E-state index >= 15 is 0 Å². The van der Waals surface area contributed by atoms with E-state index in [1.165, 1.54) is 0 Å². The highest BCUT2D eigenvalue weighted by Crippen LogP contribution is 2.28. The second-order valence-corrected chi connectivity index (χ2v) is 3.67. The quantitative estimate of drug-likeness (QED) is 0.819. The SMILES string of the molecule is O=CCc1cc(F)c([C@H]2CCONO2)c(F)c1. The van der Waals surface area contributed by atoms with Crippen molar-refractivity contribution in [2.45, 2.75) is 18.9 Å².